The van der Waals surface area contributed by atoms with Gasteiger partial charge in [0.25, 0.3) is 0 Å². The van der Waals surface area contributed by atoms with Crippen molar-refractivity contribution < 1.29 is 4.79 Å². The highest BCUT2D eigenvalue weighted by molar-refractivity contribution is 6.42. The Morgan fingerprint density at radius 2 is 2.00 bits per heavy atom. The molecule has 1 amide bonds. The SMILES string of the molecule is CCCCN1C(=O)C(C)Nc2cc(Cl)c(Cl)cc21. The summed E-state index contributed by atoms with van der Waals surface area (Å²) in [4.78, 5) is 14.0. The van der Waals surface area contributed by atoms with E-state index in [2.05, 4.69) is 12.2 Å². The molecule has 18 heavy (non-hydrogen) atoms. The van der Waals surface area contributed by atoms with Crippen LogP contribution in [0.2, 0.25) is 10.0 Å². The minimum atomic E-state index is -0.230. The quantitative estimate of drug-likeness (QED) is 0.913. The van der Waals surface area contributed by atoms with E-state index in [9.17, 15) is 4.79 Å². The number of nitrogens with one attached hydrogen (secondary N) is 1. The van der Waals surface area contributed by atoms with Gasteiger partial charge in [0.05, 0.1) is 21.4 Å². The third-order valence-corrected chi connectivity index (χ3v) is 3.80. The number of rotatable bonds is 3. The topological polar surface area (TPSA) is 32.3 Å². The summed E-state index contributed by atoms with van der Waals surface area (Å²) in [5.41, 5.74) is 1.69. The molecular weight excluding hydrogens is 271 g/mol. The molecule has 0 aliphatic carbocycles. The van der Waals surface area contributed by atoms with E-state index in [-0.39, 0.29) is 11.9 Å². The standard InChI is InChI=1S/C13H16Cl2N2O/c1-3-4-5-17-12-7-10(15)9(14)6-11(12)16-8(2)13(17)18/h6-8,16H,3-5H2,1-2H3. The van der Waals surface area contributed by atoms with Gasteiger partial charge in [0.1, 0.15) is 6.04 Å². The van der Waals surface area contributed by atoms with Crippen LogP contribution in [-0.4, -0.2) is 18.5 Å². The van der Waals surface area contributed by atoms with E-state index in [1.807, 2.05) is 6.92 Å². The number of amides is 1. The van der Waals surface area contributed by atoms with Gasteiger partial charge >= 0.3 is 0 Å². The fourth-order valence-electron chi connectivity index (χ4n) is 2.07. The maximum absolute atomic E-state index is 12.2. The first-order valence-electron chi connectivity index (χ1n) is 6.11. The Labute approximate surface area is 117 Å². The molecule has 1 aromatic carbocycles. The van der Waals surface area contributed by atoms with E-state index in [1.165, 1.54) is 0 Å². The highest BCUT2D eigenvalue weighted by Crippen LogP contribution is 2.38. The van der Waals surface area contributed by atoms with Crippen LogP contribution < -0.4 is 10.2 Å². The van der Waals surface area contributed by atoms with Crippen molar-refractivity contribution in [3.63, 3.8) is 0 Å². The molecule has 1 heterocycles. The van der Waals surface area contributed by atoms with E-state index < -0.39 is 0 Å². The molecule has 0 radical (unpaired) electrons. The minimum Gasteiger partial charge on any atom is -0.372 e. The van der Waals surface area contributed by atoms with Gasteiger partial charge < -0.3 is 10.2 Å². The van der Waals surface area contributed by atoms with Crippen LogP contribution in [0.25, 0.3) is 0 Å². The first-order chi connectivity index (χ1) is 8.54. The summed E-state index contributed by atoms with van der Waals surface area (Å²) in [6.45, 7) is 4.67. The van der Waals surface area contributed by atoms with Crippen LogP contribution in [0.15, 0.2) is 12.1 Å². The van der Waals surface area contributed by atoms with Crippen LogP contribution in [0.5, 0.6) is 0 Å². The first kappa shape index (κ1) is 13.5. The Morgan fingerprint density at radius 1 is 1.33 bits per heavy atom. The first-order valence-corrected chi connectivity index (χ1v) is 6.87. The zero-order valence-electron chi connectivity index (χ0n) is 10.5. The number of nitrogens with zero attached hydrogens (tertiary/aromatic N) is 1. The molecule has 1 atom stereocenters. The van der Waals surface area contributed by atoms with Crippen molar-refractivity contribution in [1.82, 2.24) is 0 Å². The van der Waals surface area contributed by atoms with Gasteiger partial charge in [-0.15, -0.1) is 0 Å². The average molecular weight is 287 g/mol. The fourth-order valence-corrected chi connectivity index (χ4v) is 2.39. The number of anilines is 2. The molecule has 1 aromatic rings. The summed E-state index contributed by atoms with van der Waals surface area (Å²) < 4.78 is 0. The number of carbonyl (C=O) groups is 1. The van der Waals surface area contributed by atoms with Gasteiger partial charge in [0.2, 0.25) is 5.91 Å². The van der Waals surface area contributed by atoms with E-state index in [0.29, 0.717) is 16.6 Å². The number of unbranched alkanes of at least 4 members (excludes halogenated alkanes) is 1. The highest BCUT2D eigenvalue weighted by atomic mass is 35.5. The lowest BCUT2D eigenvalue weighted by Gasteiger charge is -2.34. The van der Waals surface area contributed by atoms with Crippen molar-refractivity contribution in [3.8, 4) is 0 Å². The van der Waals surface area contributed by atoms with Gasteiger partial charge in [-0.2, -0.15) is 0 Å². The number of fused-ring (bicyclic) bond motifs is 1. The third-order valence-electron chi connectivity index (χ3n) is 3.07. The van der Waals surface area contributed by atoms with Gasteiger partial charge in [-0.25, -0.2) is 0 Å². The molecule has 1 N–H and O–H groups in total. The van der Waals surface area contributed by atoms with E-state index >= 15 is 0 Å². The lowest BCUT2D eigenvalue weighted by molar-refractivity contribution is -0.119. The van der Waals surface area contributed by atoms with Crippen LogP contribution in [0.1, 0.15) is 26.7 Å². The Hall–Kier alpha value is -0.930. The number of halogens is 2. The van der Waals surface area contributed by atoms with Crippen LogP contribution in [0.4, 0.5) is 11.4 Å². The molecule has 0 saturated carbocycles. The Kier molecular flexibility index (Phi) is 4.03. The molecule has 2 rings (SSSR count). The lowest BCUT2D eigenvalue weighted by atomic mass is 10.1. The van der Waals surface area contributed by atoms with Crippen molar-refractivity contribution in [2.75, 3.05) is 16.8 Å². The highest BCUT2D eigenvalue weighted by Gasteiger charge is 2.29. The summed E-state index contributed by atoms with van der Waals surface area (Å²) in [5.74, 6) is 0.0781. The van der Waals surface area contributed by atoms with E-state index in [0.717, 1.165) is 24.2 Å². The summed E-state index contributed by atoms with van der Waals surface area (Å²) in [6, 6.07) is 3.30. The predicted molar refractivity (Wildman–Crippen MR) is 76.8 cm³/mol. The van der Waals surface area contributed by atoms with Crippen LogP contribution >= 0.6 is 23.2 Å². The second kappa shape index (κ2) is 5.37. The van der Waals surface area contributed by atoms with Gasteiger partial charge in [-0.1, -0.05) is 36.5 Å². The summed E-state index contributed by atoms with van der Waals surface area (Å²) in [5, 5.41) is 4.12. The summed E-state index contributed by atoms with van der Waals surface area (Å²) >= 11 is 12.0. The molecular formula is C13H16Cl2N2O. The van der Waals surface area contributed by atoms with Gasteiger partial charge in [0, 0.05) is 6.54 Å². The predicted octanol–water partition coefficient (Wildman–Crippen LogP) is 3.94. The second-order valence-electron chi connectivity index (χ2n) is 4.49. The van der Waals surface area contributed by atoms with Crippen LogP contribution in [-0.2, 0) is 4.79 Å². The normalized spacial score (nSPS) is 18.6. The number of hydrogen-bond acceptors (Lipinski definition) is 2. The number of benzene rings is 1. The fraction of sp³-hybridized carbons (Fsp3) is 0.462. The van der Waals surface area contributed by atoms with Gasteiger partial charge in [0.15, 0.2) is 0 Å². The zero-order chi connectivity index (χ0) is 13.3. The third kappa shape index (κ3) is 2.43. The van der Waals surface area contributed by atoms with E-state index in [1.54, 1.807) is 17.0 Å². The molecule has 1 aliphatic heterocycles. The minimum absolute atomic E-state index is 0.0781. The Balaban J connectivity index is 2.41. The molecule has 1 unspecified atom stereocenters. The lowest BCUT2D eigenvalue weighted by Crippen LogP contribution is -2.46. The molecule has 0 saturated heterocycles. The molecule has 0 aromatic heterocycles. The van der Waals surface area contributed by atoms with E-state index in [4.69, 9.17) is 23.2 Å². The molecule has 98 valence electrons. The smallest absolute Gasteiger partial charge is 0.249 e. The molecule has 3 nitrogen and oxygen atoms in total. The van der Waals surface area contributed by atoms with Crippen molar-refractivity contribution in [3.05, 3.63) is 22.2 Å². The maximum Gasteiger partial charge on any atom is 0.249 e. The van der Waals surface area contributed by atoms with Gasteiger partial charge in [-0.3, -0.25) is 4.79 Å². The maximum atomic E-state index is 12.2. The largest absolute Gasteiger partial charge is 0.372 e. The number of carbonyl (C=O) groups excluding carboxylic acids is 1. The summed E-state index contributed by atoms with van der Waals surface area (Å²) in [7, 11) is 0. The van der Waals surface area contributed by atoms with Crippen molar-refractivity contribution in [2.24, 2.45) is 0 Å². The summed E-state index contributed by atoms with van der Waals surface area (Å²) in [6.07, 6.45) is 2.01. The second-order valence-corrected chi connectivity index (χ2v) is 5.31. The van der Waals surface area contributed by atoms with Crippen molar-refractivity contribution in [2.45, 2.75) is 32.7 Å². The molecule has 0 fully saturated rings. The van der Waals surface area contributed by atoms with Crippen molar-refractivity contribution in [1.29, 1.82) is 0 Å². The molecule has 5 heteroatoms. The van der Waals surface area contributed by atoms with Crippen LogP contribution in [0, 0.1) is 0 Å². The van der Waals surface area contributed by atoms with Gasteiger partial charge in [-0.05, 0) is 25.5 Å². The molecule has 0 bridgehead atoms. The molecule has 0 spiro atoms. The number of hydrogen-bond donors (Lipinski definition) is 1. The monoisotopic (exact) mass is 286 g/mol. The molecule has 1 aliphatic rings. The zero-order valence-corrected chi connectivity index (χ0v) is 12.0. The van der Waals surface area contributed by atoms with Crippen molar-refractivity contribution >= 4 is 40.5 Å². The van der Waals surface area contributed by atoms with Crippen LogP contribution in [0.3, 0.4) is 0 Å². The Morgan fingerprint density at radius 3 is 2.67 bits per heavy atom. The average Bonchev–Trinajstić information content (AvgIpc) is 2.33. The Bertz CT molecular complexity index is 476.